The summed E-state index contributed by atoms with van der Waals surface area (Å²) in [6, 6.07) is 13.3. The van der Waals surface area contributed by atoms with Crippen LogP contribution in [0.4, 0.5) is 0 Å². The lowest BCUT2D eigenvalue weighted by atomic mass is 9.86. The summed E-state index contributed by atoms with van der Waals surface area (Å²) >= 11 is 3.88. The van der Waals surface area contributed by atoms with E-state index in [-0.39, 0.29) is 0 Å². The van der Waals surface area contributed by atoms with E-state index in [1.165, 1.54) is 195 Å². The summed E-state index contributed by atoms with van der Waals surface area (Å²) in [7, 11) is 0. The summed E-state index contributed by atoms with van der Waals surface area (Å²) < 4.78 is 15.8. The van der Waals surface area contributed by atoms with Gasteiger partial charge in [-0.3, -0.25) is 0 Å². The van der Waals surface area contributed by atoms with Crippen LogP contribution in [0.1, 0.15) is 205 Å². The number of nitrogens with zero attached hydrogens (tertiary/aromatic N) is 4. The Morgan fingerprint density at radius 2 is 0.855 bits per heavy atom. The Kier molecular flexibility index (Phi) is 20.0. The lowest BCUT2D eigenvalue weighted by Gasteiger charge is -2.20. The van der Waals surface area contributed by atoms with Gasteiger partial charge in [-0.25, -0.2) is 0 Å². The second-order valence-corrected chi connectivity index (χ2v) is 20.5. The summed E-state index contributed by atoms with van der Waals surface area (Å²) in [4.78, 5) is 2.42. The molecule has 338 valence electrons. The molecule has 5 heterocycles. The van der Waals surface area contributed by atoms with Gasteiger partial charge in [-0.05, 0) is 110 Å². The first-order chi connectivity index (χ1) is 30.4. The maximum atomic E-state index is 6.52. The lowest BCUT2D eigenvalue weighted by Crippen LogP contribution is -2.05. The minimum Gasteiger partial charge on any atom is -0.461 e. The molecule has 0 aliphatic carbocycles. The molecule has 0 saturated heterocycles. The number of hydrogen-bond donors (Lipinski definition) is 0. The quantitative estimate of drug-likeness (QED) is 0.0405. The van der Waals surface area contributed by atoms with Gasteiger partial charge in [-0.15, -0.1) is 43.1 Å². The van der Waals surface area contributed by atoms with Gasteiger partial charge >= 0.3 is 0 Å². The Morgan fingerprint density at radius 1 is 0.452 bits per heavy atom. The van der Waals surface area contributed by atoms with E-state index in [1.54, 1.807) is 6.92 Å². The molecular weight excluding hydrogens is 801 g/mol. The van der Waals surface area contributed by atoms with Crippen molar-refractivity contribution < 1.29 is 8.83 Å². The standard InChI is InChI=1S/C54H78N4O2S2/c1-7-11-15-17-19-23-27-41(25-21-13-9-3)30-32-43-45-37-50(47-34-29-39(5)59-47)61-52(45)44(33-31-42(26-22-14-10-4)28-24-20-18-16-12-8-2)46-38-51(62-53(43)46)48-35-36-49(60-48)54-57-55-40(6)56-58-54/h29,34-38,41-42H,7-28,30-33H2,1-6H3. The van der Waals surface area contributed by atoms with Crippen molar-refractivity contribution in [3.05, 3.63) is 59.1 Å². The molecule has 62 heavy (non-hydrogen) atoms. The fourth-order valence-electron chi connectivity index (χ4n) is 9.55. The maximum Gasteiger partial charge on any atom is 0.238 e. The molecular formula is C54H78N4O2S2. The van der Waals surface area contributed by atoms with E-state index in [4.69, 9.17) is 8.83 Å². The van der Waals surface area contributed by atoms with Crippen molar-refractivity contribution in [3.8, 4) is 32.9 Å². The smallest absolute Gasteiger partial charge is 0.238 e. The third kappa shape index (κ3) is 13.8. The Hall–Kier alpha value is -3.36. The fraction of sp³-hybridized carbons (Fsp3) is 0.630. The Morgan fingerprint density at radius 3 is 1.32 bits per heavy atom. The molecule has 2 unspecified atom stereocenters. The first-order valence-electron chi connectivity index (χ1n) is 25.1. The van der Waals surface area contributed by atoms with Crippen LogP contribution in [0.15, 0.2) is 45.2 Å². The molecule has 5 aromatic heterocycles. The predicted molar refractivity (Wildman–Crippen MR) is 267 cm³/mol. The number of fused-ring (bicyclic) bond motifs is 2. The van der Waals surface area contributed by atoms with E-state index in [9.17, 15) is 0 Å². The van der Waals surface area contributed by atoms with E-state index < -0.39 is 0 Å². The van der Waals surface area contributed by atoms with Crippen LogP contribution in [0.3, 0.4) is 0 Å². The second kappa shape index (κ2) is 25.8. The molecule has 1 aromatic carbocycles. The normalized spacial score (nSPS) is 12.9. The zero-order valence-electron chi connectivity index (χ0n) is 39.4. The van der Waals surface area contributed by atoms with Gasteiger partial charge in [0.05, 0.1) is 9.75 Å². The van der Waals surface area contributed by atoms with Crippen LogP contribution in [0.5, 0.6) is 0 Å². The van der Waals surface area contributed by atoms with E-state index in [0.29, 0.717) is 17.4 Å². The molecule has 6 rings (SSSR count). The number of rotatable bonds is 31. The van der Waals surface area contributed by atoms with Gasteiger partial charge in [0.25, 0.3) is 0 Å². The number of aryl methyl sites for hydroxylation is 4. The molecule has 0 N–H and O–H groups in total. The van der Waals surface area contributed by atoms with Crippen LogP contribution < -0.4 is 0 Å². The van der Waals surface area contributed by atoms with E-state index in [1.807, 2.05) is 28.7 Å². The van der Waals surface area contributed by atoms with Crippen molar-refractivity contribution >= 4 is 42.8 Å². The number of furan rings is 2. The van der Waals surface area contributed by atoms with Gasteiger partial charge < -0.3 is 8.83 Å². The highest BCUT2D eigenvalue weighted by Gasteiger charge is 2.24. The summed E-state index contributed by atoms with van der Waals surface area (Å²) in [6.07, 6.45) is 34.4. The predicted octanol–water partition coefficient (Wildman–Crippen LogP) is 18.3. The average Bonchev–Trinajstić information content (AvgIpc) is 4.11. The monoisotopic (exact) mass is 879 g/mol. The number of hydrogen-bond acceptors (Lipinski definition) is 8. The summed E-state index contributed by atoms with van der Waals surface area (Å²) in [5.41, 5.74) is 3.05. The van der Waals surface area contributed by atoms with Crippen LogP contribution in [0.2, 0.25) is 0 Å². The molecule has 0 saturated carbocycles. The molecule has 0 spiro atoms. The summed E-state index contributed by atoms with van der Waals surface area (Å²) in [6.45, 7) is 13.2. The molecule has 0 radical (unpaired) electrons. The minimum atomic E-state index is 0.421. The van der Waals surface area contributed by atoms with Crippen LogP contribution in [0.25, 0.3) is 53.0 Å². The van der Waals surface area contributed by atoms with Gasteiger partial charge in [0, 0.05) is 9.40 Å². The molecule has 6 nitrogen and oxygen atoms in total. The third-order valence-electron chi connectivity index (χ3n) is 13.3. The zero-order valence-corrected chi connectivity index (χ0v) is 41.1. The van der Waals surface area contributed by atoms with Crippen molar-refractivity contribution in [2.24, 2.45) is 11.8 Å². The van der Waals surface area contributed by atoms with Crippen molar-refractivity contribution in [2.45, 2.75) is 208 Å². The number of aromatic nitrogens is 4. The van der Waals surface area contributed by atoms with Crippen molar-refractivity contribution in [1.82, 2.24) is 20.4 Å². The molecule has 0 fully saturated rings. The molecule has 0 amide bonds. The molecule has 8 heteroatoms. The van der Waals surface area contributed by atoms with Gasteiger partial charge in [-0.1, -0.05) is 169 Å². The van der Waals surface area contributed by atoms with E-state index in [0.717, 1.165) is 42.0 Å². The first kappa shape index (κ1) is 48.1. The molecule has 0 aliphatic heterocycles. The fourth-order valence-corrected chi connectivity index (χ4v) is 12.0. The molecule has 2 atom stereocenters. The zero-order chi connectivity index (χ0) is 43.5. The van der Waals surface area contributed by atoms with Crippen molar-refractivity contribution in [2.75, 3.05) is 0 Å². The second-order valence-electron chi connectivity index (χ2n) is 18.4. The van der Waals surface area contributed by atoms with Crippen molar-refractivity contribution in [1.29, 1.82) is 0 Å². The van der Waals surface area contributed by atoms with E-state index in [2.05, 4.69) is 85.3 Å². The highest BCUT2D eigenvalue weighted by Crippen LogP contribution is 2.48. The summed E-state index contributed by atoms with van der Waals surface area (Å²) in [5.74, 6) is 5.93. The lowest BCUT2D eigenvalue weighted by molar-refractivity contribution is 0.383. The maximum absolute atomic E-state index is 6.52. The van der Waals surface area contributed by atoms with Gasteiger partial charge in [0.1, 0.15) is 17.3 Å². The van der Waals surface area contributed by atoms with Crippen LogP contribution >= 0.6 is 22.7 Å². The van der Waals surface area contributed by atoms with Gasteiger partial charge in [0.2, 0.25) is 5.82 Å². The van der Waals surface area contributed by atoms with Gasteiger partial charge in [-0.2, -0.15) is 0 Å². The molecule has 0 aliphatic rings. The number of unbranched alkanes of at least 4 members (excludes halogenated alkanes) is 14. The highest BCUT2D eigenvalue weighted by atomic mass is 32.1. The Bertz CT molecular complexity index is 2090. The van der Waals surface area contributed by atoms with Crippen LogP contribution in [0, 0.1) is 25.7 Å². The topological polar surface area (TPSA) is 77.8 Å². The average molecular weight is 879 g/mol. The highest BCUT2D eigenvalue weighted by molar-refractivity contribution is 7.24. The molecule has 6 aromatic rings. The molecule has 0 bridgehead atoms. The van der Waals surface area contributed by atoms with Crippen LogP contribution in [-0.2, 0) is 12.8 Å². The summed E-state index contributed by atoms with van der Waals surface area (Å²) in [5, 5.41) is 19.7. The largest absolute Gasteiger partial charge is 0.461 e. The van der Waals surface area contributed by atoms with Crippen LogP contribution in [-0.4, -0.2) is 20.4 Å². The third-order valence-corrected chi connectivity index (χ3v) is 15.7. The first-order valence-corrected chi connectivity index (χ1v) is 26.8. The van der Waals surface area contributed by atoms with E-state index >= 15 is 0 Å². The SMILES string of the molecule is CCCCCCCCC(CCCCC)CCc1c2cc(-c3ccc(-c4nnc(C)nn4)o3)sc2c(CCC(CCCCC)CCCCCCCC)c2cc(-c3ccc(C)o3)sc12. The number of benzene rings is 1. The van der Waals surface area contributed by atoms with Gasteiger partial charge in [0.15, 0.2) is 11.6 Å². The number of thiophene rings is 2. The minimum absolute atomic E-state index is 0.421. The Labute approximate surface area is 382 Å². The van der Waals surface area contributed by atoms with Crippen molar-refractivity contribution in [3.63, 3.8) is 0 Å². The Balaban J connectivity index is 1.39.